The predicted octanol–water partition coefficient (Wildman–Crippen LogP) is 1.66. The van der Waals surface area contributed by atoms with Crippen LogP contribution in [0.1, 0.15) is 46.1 Å². The van der Waals surface area contributed by atoms with Crippen LogP contribution in [0.15, 0.2) is 0 Å². The van der Waals surface area contributed by atoms with Gasteiger partial charge in [0.1, 0.15) is 4.88 Å². The standard InChI is InChI=1S/C16H23N3O3S/c1-10-14(23-11(2)17-10)16(21)19-7-8-22-13(9-19)15(20)18-12-5-3-4-6-12/h12-13H,3-9H2,1-2H3,(H,18,20)/t13-/m0/s1. The Morgan fingerprint density at radius 3 is 2.70 bits per heavy atom. The number of ether oxygens (including phenoxy) is 1. The second-order valence-electron chi connectivity index (χ2n) is 6.25. The molecule has 3 rings (SSSR count). The maximum atomic E-state index is 12.7. The van der Waals surface area contributed by atoms with E-state index >= 15 is 0 Å². The van der Waals surface area contributed by atoms with Gasteiger partial charge in [0.05, 0.1) is 23.9 Å². The predicted molar refractivity (Wildman–Crippen MR) is 87.6 cm³/mol. The molecule has 6 nitrogen and oxygen atoms in total. The molecule has 2 heterocycles. The first kappa shape index (κ1) is 16.4. The lowest BCUT2D eigenvalue weighted by molar-refractivity contribution is -0.137. The van der Waals surface area contributed by atoms with E-state index in [1.807, 2.05) is 13.8 Å². The third-order valence-electron chi connectivity index (χ3n) is 4.45. The van der Waals surface area contributed by atoms with Crippen molar-refractivity contribution in [3.63, 3.8) is 0 Å². The normalized spacial score (nSPS) is 22.3. The fourth-order valence-corrected chi connectivity index (χ4v) is 4.12. The van der Waals surface area contributed by atoms with E-state index in [1.54, 1.807) is 4.90 Å². The van der Waals surface area contributed by atoms with Crippen molar-refractivity contribution < 1.29 is 14.3 Å². The molecule has 1 aromatic rings. The van der Waals surface area contributed by atoms with Crippen LogP contribution in [0.5, 0.6) is 0 Å². The molecule has 1 aromatic heterocycles. The molecule has 126 valence electrons. The van der Waals surface area contributed by atoms with Crippen LogP contribution in [0.4, 0.5) is 0 Å². The van der Waals surface area contributed by atoms with Crippen molar-refractivity contribution in [2.75, 3.05) is 19.7 Å². The Kier molecular flexibility index (Phi) is 4.96. The van der Waals surface area contributed by atoms with E-state index in [0.29, 0.717) is 24.6 Å². The molecular formula is C16H23N3O3S. The van der Waals surface area contributed by atoms with Crippen molar-refractivity contribution in [3.8, 4) is 0 Å². The maximum absolute atomic E-state index is 12.7. The van der Waals surface area contributed by atoms with Crippen LogP contribution >= 0.6 is 11.3 Å². The van der Waals surface area contributed by atoms with Crippen molar-refractivity contribution in [2.45, 2.75) is 51.7 Å². The molecule has 0 aromatic carbocycles. The molecule has 7 heteroatoms. The molecule has 0 bridgehead atoms. The minimum atomic E-state index is -0.567. The van der Waals surface area contributed by atoms with E-state index in [4.69, 9.17) is 4.74 Å². The van der Waals surface area contributed by atoms with Crippen molar-refractivity contribution >= 4 is 23.2 Å². The third-order valence-corrected chi connectivity index (χ3v) is 5.51. The zero-order chi connectivity index (χ0) is 16.4. The van der Waals surface area contributed by atoms with Gasteiger partial charge in [-0.25, -0.2) is 4.98 Å². The number of aryl methyl sites for hydroxylation is 2. The Hall–Kier alpha value is -1.47. The number of rotatable bonds is 3. The van der Waals surface area contributed by atoms with Gasteiger partial charge in [0.25, 0.3) is 11.8 Å². The number of hydrogen-bond acceptors (Lipinski definition) is 5. The van der Waals surface area contributed by atoms with Crippen LogP contribution < -0.4 is 5.32 Å². The van der Waals surface area contributed by atoms with E-state index < -0.39 is 6.10 Å². The van der Waals surface area contributed by atoms with Crippen LogP contribution in [-0.2, 0) is 9.53 Å². The molecule has 0 spiro atoms. The fraction of sp³-hybridized carbons (Fsp3) is 0.688. The molecule has 1 saturated heterocycles. The zero-order valence-corrected chi connectivity index (χ0v) is 14.4. The summed E-state index contributed by atoms with van der Waals surface area (Å²) in [6, 6.07) is 0.267. The molecule has 0 radical (unpaired) electrons. The number of thiazole rings is 1. The van der Waals surface area contributed by atoms with Crippen LogP contribution in [0.3, 0.4) is 0 Å². The Morgan fingerprint density at radius 2 is 2.04 bits per heavy atom. The highest BCUT2D eigenvalue weighted by Crippen LogP contribution is 2.21. The van der Waals surface area contributed by atoms with Crippen LogP contribution in [0.2, 0.25) is 0 Å². The summed E-state index contributed by atoms with van der Waals surface area (Å²) in [5, 5.41) is 3.94. The SMILES string of the molecule is Cc1nc(C)c(C(=O)N2CCO[C@H](C(=O)NC3CCCC3)C2)s1. The molecular weight excluding hydrogens is 314 g/mol. The zero-order valence-electron chi connectivity index (χ0n) is 13.6. The van der Waals surface area contributed by atoms with Gasteiger partial charge in [-0.1, -0.05) is 12.8 Å². The summed E-state index contributed by atoms with van der Waals surface area (Å²) in [4.78, 5) is 31.7. The molecule has 2 amide bonds. The van der Waals surface area contributed by atoms with Crippen LogP contribution in [-0.4, -0.2) is 53.5 Å². The first-order valence-corrected chi connectivity index (χ1v) is 9.01. The molecule has 2 fully saturated rings. The van der Waals surface area contributed by atoms with Crippen molar-refractivity contribution in [1.82, 2.24) is 15.2 Å². The van der Waals surface area contributed by atoms with Gasteiger partial charge in [0.15, 0.2) is 6.10 Å². The molecule has 23 heavy (non-hydrogen) atoms. The lowest BCUT2D eigenvalue weighted by Gasteiger charge is -2.32. The van der Waals surface area contributed by atoms with E-state index in [2.05, 4.69) is 10.3 Å². The molecule has 1 saturated carbocycles. The number of nitrogens with one attached hydrogen (secondary N) is 1. The number of aromatic nitrogens is 1. The summed E-state index contributed by atoms with van der Waals surface area (Å²) < 4.78 is 5.58. The molecule has 1 N–H and O–H groups in total. The summed E-state index contributed by atoms with van der Waals surface area (Å²) >= 11 is 1.41. The fourth-order valence-electron chi connectivity index (χ4n) is 3.23. The van der Waals surface area contributed by atoms with Gasteiger partial charge in [0, 0.05) is 12.6 Å². The average Bonchev–Trinajstić information content (AvgIpc) is 3.16. The van der Waals surface area contributed by atoms with Crippen LogP contribution in [0.25, 0.3) is 0 Å². The van der Waals surface area contributed by atoms with Gasteiger partial charge in [-0.2, -0.15) is 0 Å². The number of amides is 2. The summed E-state index contributed by atoms with van der Waals surface area (Å²) in [5.41, 5.74) is 0.760. The number of carbonyl (C=O) groups excluding carboxylic acids is 2. The number of morpholine rings is 1. The van der Waals surface area contributed by atoms with Gasteiger partial charge < -0.3 is 15.0 Å². The number of carbonyl (C=O) groups is 2. The second-order valence-corrected chi connectivity index (χ2v) is 7.45. The first-order chi connectivity index (χ1) is 11.0. The summed E-state index contributed by atoms with van der Waals surface area (Å²) in [6.45, 7) is 4.97. The number of nitrogens with zero attached hydrogens (tertiary/aromatic N) is 2. The monoisotopic (exact) mass is 337 g/mol. The van der Waals surface area contributed by atoms with Crippen molar-refractivity contribution in [1.29, 1.82) is 0 Å². The second kappa shape index (κ2) is 6.97. The summed E-state index contributed by atoms with van der Waals surface area (Å²) in [7, 11) is 0. The molecule has 1 aliphatic carbocycles. The summed E-state index contributed by atoms with van der Waals surface area (Å²) in [6.07, 6.45) is 3.86. The van der Waals surface area contributed by atoms with Crippen molar-refractivity contribution in [2.24, 2.45) is 0 Å². The lowest BCUT2D eigenvalue weighted by atomic mass is 10.2. The number of hydrogen-bond donors (Lipinski definition) is 1. The highest BCUT2D eigenvalue weighted by atomic mass is 32.1. The van der Waals surface area contributed by atoms with E-state index in [1.165, 1.54) is 24.2 Å². The highest BCUT2D eigenvalue weighted by molar-refractivity contribution is 7.13. The van der Waals surface area contributed by atoms with E-state index in [0.717, 1.165) is 23.5 Å². The minimum Gasteiger partial charge on any atom is -0.365 e. The van der Waals surface area contributed by atoms with Gasteiger partial charge >= 0.3 is 0 Å². The minimum absolute atomic E-state index is 0.0462. The van der Waals surface area contributed by atoms with Crippen molar-refractivity contribution in [3.05, 3.63) is 15.6 Å². The molecule has 2 aliphatic rings. The smallest absolute Gasteiger partial charge is 0.266 e. The van der Waals surface area contributed by atoms with E-state index in [9.17, 15) is 9.59 Å². The lowest BCUT2D eigenvalue weighted by Crippen LogP contribution is -2.52. The Balaban J connectivity index is 1.62. The Bertz CT molecular complexity index is 595. The summed E-state index contributed by atoms with van der Waals surface area (Å²) in [5.74, 6) is -0.137. The Morgan fingerprint density at radius 1 is 1.30 bits per heavy atom. The first-order valence-electron chi connectivity index (χ1n) is 8.20. The van der Waals surface area contributed by atoms with Gasteiger partial charge in [-0.15, -0.1) is 11.3 Å². The molecule has 0 unspecified atom stereocenters. The van der Waals surface area contributed by atoms with Gasteiger partial charge in [-0.05, 0) is 26.7 Å². The maximum Gasteiger partial charge on any atom is 0.266 e. The molecule has 1 atom stereocenters. The highest BCUT2D eigenvalue weighted by Gasteiger charge is 2.32. The third kappa shape index (κ3) is 3.72. The van der Waals surface area contributed by atoms with Gasteiger partial charge in [0.2, 0.25) is 0 Å². The quantitative estimate of drug-likeness (QED) is 0.910. The largest absolute Gasteiger partial charge is 0.365 e. The average molecular weight is 337 g/mol. The van der Waals surface area contributed by atoms with E-state index in [-0.39, 0.29) is 17.9 Å². The Labute approximate surface area is 140 Å². The topological polar surface area (TPSA) is 71.5 Å². The van der Waals surface area contributed by atoms with Crippen LogP contribution in [0, 0.1) is 13.8 Å². The van der Waals surface area contributed by atoms with Gasteiger partial charge in [-0.3, -0.25) is 9.59 Å². The molecule has 1 aliphatic heterocycles.